The van der Waals surface area contributed by atoms with E-state index in [0.717, 1.165) is 12.8 Å². The summed E-state index contributed by atoms with van der Waals surface area (Å²) < 4.78 is 33.9. The Balaban J connectivity index is 3.79. The van der Waals surface area contributed by atoms with Crippen molar-refractivity contribution in [1.29, 1.82) is 0 Å². The molecule has 90 valence electrons. The lowest BCUT2D eigenvalue weighted by atomic mass is 10.2. The van der Waals surface area contributed by atoms with Gasteiger partial charge in [-0.1, -0.05) is 13.3 Å². The molecule has 0 rings (SSSR count). The van der Waals surface area contributed by atoms with Crippen molar-refractivity contribution in [1.82, 2.24) is 0 Å². The highest BCUT2D eigenvalue weighted by atomic mass is 32.2. The second-order valence-electron chi connectivity index (χ2n) is 3.20. The van der Waals surface area contributed by atoms with Crippen LogP contribution < -0.4 is 5.73 Å². The first-order valence-corrected chi connectivity index (χ1v) is 6.35. The number of rotatable bonds is 7. The van der Waals surface area contributed by atoms with E-state index in [9.17, 15) is 13.2 Å². The maximum absolute atomic E-state index is 11.1. The fraction of sp³-hybridized carbons (Fsp3) is 0.875. The summed E-state index contributed by atoms with van der Waals surface area (Å²) in [5.41, 5.74) is 5.36. The maximum Gasteiger partial charge on any atom is 0.322 e. The first-order chi connectivity index (χ1) is 6.87. The summed E-state index contributed by atoms with van der Waals surface area (Å²) >= 11 is 0. The highest BCUT2D eigenvalue weighted by molar-refractivity contribution is 7.85. The van der Waals surface area contributed by atoms with E-state index in [1.807, 2.05) is 6.92 Å². The Morgan fingerprint density at radius 1 is 1.53 bits per heavy atom. The van der Waals surface area contributed by atoms with Crippen LogP contribution in [0.2, 0.25) is 0 Å². The summed E-state index contributed by atoms with van der Waals surface area (Å²) in [6.45, 7) is 2.24. The second kappa shape index (κ2) is 6.76. The Bertz CT molecular complexity index is 287. The lowest BCUT2D eigenvalue weighted by Gasteiger charge is -2.09. The summed E-state index contributed by atoms with van der Waals surface area (Å²) in [6, 6.07) is -0.996. The van der Waals surface area contributed by atoms with Crippen molar-refractivity contribution in [2.75, 3.05) is 12.4 Å². The molecular formula is C8H17NO5S. The zero-order valence-electron chi connectivity index (χ0n) is 8.68. The molecule has 0 fully saturated rings. The van der Waals surface area contributed by atoms with Crippen LogP contribution in [0, 0.1) is 0 Å². The highest BCUT2D eigenvalue weighted by Gasteiger charge is 2.17. The Kier molecular flexibility index (Phi) is 6.46. The number of hydrogen-bond donors (Lipinski definition) is 2. The average Bonchev–Trinajstić information content (AvgIpc) is 2.13. The van der Waals surface area contributed by atoms with Crippen molar-refractivity contribution in [3.05, 3.63) is 0 Å². The van der Waals surface area contributed by atoms with Gasteiger partial charge in [-0.3, -0.25) is 9.35 Å². The Hall–Kier alpha value is -0.660. The van der Waals surface area contributed by atoms with Gasteiger partial charge in [0.15, 0.2) is 0 Å². The number of nitrogens with two attached hydrogens (primary N) is 1. The fourth-order valence-corrected chi connectivity index (χ4v) is 1.37. The molecule has 0 spiro atoms. The van der Waals surface area contributed by atoms with Crippen LogP contribution in [0.4, 0.5) is 0 Å². The summed E-state index contributed by atoms with van der Waals surface area (Å²) in [5.74, 6) is -1.16. The smallest absolute Gasteiger partial charge is 0.322 e. The van der Waals surface area contributed by atoms with E-state index in [1.165, 1.54) is 0 Å². The molecule has 1 unspecified atom stereocenters. The number of ether oxygens (including phenoxy) is 1. The second-order valence-corrected chi connectivity index (χ2v) is 4.77. The largest absolute Gasteiger partial charge is 0.465 e. The molecule has 0 aromatic heterocycles. The number of hydrogen-bond acceptors (Lipinski definition) is 5. The van der Waals surface area contributed by atoms with E-state index in [4.69, 9.17) is 15.0 Å². The molecule has 0 aliphatic heterocycles. The van der Waals surface area contributed by atoms with Crippen LogP contribution in [0.1, 0.15) is 26.2 Å². The maximum atomic E-state index is 11.1. The zero-order chi connectivity index (χ0) is 11.9. The van der Waals surface area contributed by atoms with Crippen LogP contribution in [0.15, 0.2) is 0 Å². The molecule has 0 aliphatic carbocycles. The van der Waals surface area contributed by atoms with Gasteiger partial charge in [0, 0.05) is 0 Å². The molecule has 0 saturated carbocycles. The molecule has 0 bridgehead atoms. The number of carbonyl (C=O) groups excluding carboxylic acids is 1. The molecule has 7 heteroatoms. The van der Waals surface area contributed by atoms with Gasteiger partial charge >= 0.3 is 5.97 Å². The van der Waals surface area contributed by atoms with Crippen molar-refractivity contribution in [2.45, 2.75) is 32.2 Å². The standard InChI is InChI=1S/C8H17NO5S/c1-2-3-5-14-8(10)7(9)4-6-15(11,12)13/h7H,2-6,9H2,1H3,(H,11,12,13). The fourth-order valence-electron chi connectivity index (χ4n) is 0.818. The number of carbonyl (C=O) groups is 1. The minimum absolute atomic E-state index is 0.135. The van der Waals surface area contributed by atoms with E-state index in [1.54, 1.807) is 0 Å². The van der Waals surface area contributed by atoms with E-state index in [-0.39, 0.29) is 13.0 Å². The quantitative estimate of drug-likeness (QED) is 0.366. The third-order valence-corrected chi connectivity index (χ3v) is 2.48. The Morgan fingerprint density at radius 3 is 2.60 bits per heavy atom. The third-order valence-electron chi connectivity index (χ3n) is 1.73. The molecule has 0 heterocycles. The van der Waals surface area contributed by atoms with Gasteiger partial charge in [0.1, 0.15) is 6.04 Å². The lowest BCUT2D eigenvalue weighted by Crippen LogP contribution is -2.34. The molecule has 15 heavy (non-hydrogen) atoms. The van der Waals surface area contributed by atoms with Gasteiger partial charge in [-0.15, -0.1) is 0 Å². The summed E-state index contributed by atoms with van der Waals surface area (Å²) in [4.78, 5) is 11.1. The van der Waals surface area contributed by atoms with Crippen molar-refractivity contribution < 1.29 is 22.5 Å². The van der Waals surface area contributed by atoms with Crippen molar-refractivity contribution in [3.8, 4) is 0 Å². The van der Waals surface area contributed by atoms with E-state index in [2.05, 4.69) is 0 Å². The predicted molar refractivity (Wildman–Crippen MR) is 54.9 cm³/mol. The van der Waals surface area contributed by atoms with Crippen LogP contribution in [-0.2, 0) is 19.6 Å². The van der Waals surface area contributed by atoms with Gasteiger partial charge in [0.25, 0.3) is 10.1 Å². The van der Waals surface area contributed by atoms with Gasteiger partial charge in [0.2, 0.25) is 0 Å². The molecular weight excluding hydrogens is 222 g/mol. The molecule has 3 N–H and O–H groups in total. The molecule has 0 radical (unpaired) electrons. The van der Waals surface area contributed by atoms with Crippen LogP contribution >= 0.6 is 0 Å². The van der Waals surface area contributed by atoms with Gasteiger partial charge in [-0.25, -0.2) is 0 Å². The first-order valence-electron chi connectivity index (χ1n) is 4.74. The van der Waals surface area contributed by atoms with Crippen molar-refractivity contribution >= 4 is 16.1 Å². The summed E-state index contributed by atoms with van der Waals surface area (Å²) in [5, 5.41) is 0. The van der Waals surface area contributed by atoms with Crippen LogP contribution in [0.5, 0.6) is 0 Å². The Labute approximate surface area is 89.5 Å². The van der Waals surface area contributed by atoms with Gasteiger partial charge in [-0.2, -0.15) is 8.42 Å². The highest BCUT2D eigenvalue weighted by Crippen LogP contribution is 1.97. The molecule has 0 aliphatic rings. The Morgan fingerprint density at radius 2 is 2.13 bits per heavy atom. The van der Waals surface area contributed by atoms with Gasteiger partial charge in [-0.05, 0) is 12.8 Å². The monoisotopic (exact) mass is 239 g/mol. The zero-order valence-corrected chi connectivity index (χ0v) is 9.50. The molecule has 6 nitrogen and oxygen atoms in total. The van der Waals surface area contributed by atoms with Crippen LogP contribution in [0.3, 0.4) is 0 Å². The van der Waals surface area contributed by atoms with Crippen molar-refractivity contribution in [2.24, 2.45) is 5.73 Å². The third kappa shape index (κ3) is 8.34. The summed E-state index contributed by atoms with van der Waals surface area (Å²) in [6.07, 6.45) is 1.51. The average molecular weight is 239 g/mol. The molecule has 0 saturated heterocycles. The van der Waals surface area contributed by atoms with Crippen LogP contribution in [-0.4, -0.2) is 37.3 Å². The van der Waals surface area contributed by atoms with E-state index in [0.29, 0.717) is 0 Å². The van der Waals surface area contributed by atoms with Gasteiger partial charge in [0.05, 0.1) is 12.4 Å². The molecule has 0 amide bonds. The van der Waals surface area contributed by atoms with Crippen LogP contribution in [0.25, 0.3) is 0 Å². The van der Waals surface area contributed by atoms with Gasteiger partial charge < -0.3 is 10.5 Å². The normalized spacial score (nSPS) is 13.5. The molecule has 0 aromatic carbocycles. The SMILES string of the molecule is CCCCOC(=O)C(N)CCS(=O)(=O)O. The predicted octanol–water partition coefficient (Wildman–Crippen LogP) is -0.0651. The number of unbranched alkanes of at least 4 members (excludes halogenated alkanes) is 1. The van der Waals surface area contributed by atoms with E-state index >= 15 is 0 Å². The van der Waals surface area contributed by atoms with Crippen molar-refractivity contribution in [3.63, 3.8) is 0 Å². The first kappa shape index (κ1) is 14.3. The topological polar surface area (TPSA) is 107 Å². The molecule has 0 aromatic rings. The minimum Gasteiger partial charge on any atom is -0.465 e. The lowest BCUT2D eigenvalue weighted by molar-refractivity contribution is -0.145. The number of esters is 1. The van der Waals surface area contributed by atoms with E-state index < -0.39 is 27.9 Å². The molecule has 1 atom stereocenters. The summed E-state index contributed by atoms with van der Waals surface area (Å²) in [7, 11) is -4.07. The minimum atomic E-state index is -4.07.